The molecule has 8 heteroatoms. The van der Waals surface area contributed by atoms with Gasteiger partial charge in [0.1, 0.15) is 22.9 Å². The van der Waals surface area contributed by atoms with E-state index in [0.29, 0.717) is 40.7 Å². The van der Waals surface area contributed by atoms with E-state index in [1.54, 1.807) is 45.1 Å². The number of hydrogen-bond donors (Lipinski definition) is 1. The van der Waals surface area contributed by atoms with Crippen molar-refractivity contribution >= 4 is 23.2 Å². The number of rotatable bonds is 6. The summed E-state index contributed by atoms with van der Waals surface area (Å²) >= 11 is 0. The molecule has 1 fully saturated rings. The quantitative estimate of drug-likeness (QED) is 0.598. The van der Waals surface area contributed by atoms with E-state index < -0.39 is 12.0 Å². The highest BCUT2D eigenvalue weighted by atomic mass is 16.5. The van der Waals surface area contributed by atoms with Crippen LogP contribution < -0.4 is 19.7 Å². The molecule has 4 rings (SSSR count). The second-order valence-corrected chi connectivity index (χ2v) is 7.98. The van der Waals surface area contributed by atoms with E-state index in [1.807, 2.05) is 36.4 Å². The van der Waals surface area contributed by atoms with Gasteiger partial charge in [-0.05, 0) is 50.6 Å². The lowest BCUT2D eigenvalue weighted by Gasteiger charge is -2.41. The van der Waals surface area contributed by atoms with E-state index in [9.17, 15) is 9.59 Å². The van der Waals surface area contributed by atoms with Gasteiger partial charge in [0.25, 0.3) is 0 Å². The van der Waals surface area contributed by atoms with Crippen molar-refractivity contribution in [3.05, 3.63) is 65.5 Å². The Kier molecular flexibility index (Phi) is 6.35. The number of hydrogen-bond acceptors (Lipinski definition) is 6. The zero-order chi connectivity index (χ0) is 23.5. The van der Waals surface area contributed by atoms with E-state index in [1.165, 1.54) is 0 Å². The molecule has 2 amide bonds. The van der Waals surface area contributed by atoms with E-state index in [4.69, 9.17) is 14.0 Å². The molecule has 3 aromatic rings. The second kappa shape index (κ2) is 9.36. The van der Waals surface area contributed by atoms with E-state index >= 15 is 0 Å². The molecule has 8 nitrogen and oxygen atoms in total. The standard InChI is InChI=1S/C25H27N3O5/c1-15-23(16(2)33-27-15)26-25(30)20-13-14-22(29)28(17-9-11-18(31-3)12-10-17)24(20)19-7-5-6-8-21(19)32-4/h5-12,20,24H,13-14H2,1-4H3,(H,26,30). The van der Waals surface area contributed by atoms with Crippen molar-refractivity contribution in [2.24, 2.45) is 5.92 Å². The van der Waals surface area contributed by atoms with Crippen LogP contribution in [0.4, 0.5) is 11.4 Å². The van der Waals surface area contributed by atoms with Gasteiger partial charge in [-0.25, -0.2) is 0 Å². The molecule has 0 saturated carbocycles. The minimum absolute atomic E-state index is 0.0579. The van der Waals surface area contributed by atoms with Gasteiger partial charge in [0.15, 0.2) is 5.76 Å². The predicted molar refractivity (Wildman–Crippen MR) is 124 cm³/mol. The van der Waals surface area contributed by atoms with Crippen LogP contribution in [0.1, 0.15) is 35.9 Å². The van der Waals surface area contributed by atoms with Crippen LogP contribution in [0.15, 0.2) is 53.1 Å². The van der Waals surface area contributed by atoms with Gasteiger partial charge in [0.05, 0.1) is 26.2 Å². The van der Waals surface area contributed by atoms with Crippen molar-refractivity contribution in [1.29, 1.82) is 0 Å². The number of piperidine rings is 1. The van der Waals surface area contributed by atoms with Crippen molar-refractivity contribution < 1.29 is 23.6 Å². The van der Waals surface area contributed by atoms with Crippen LogP contribution in [0.25, 0.3) is 0 Å². The molecule has 1 aliphatic heterocycles. The Morgan fingerprint density at radius 3 is 2.45 bits per heavy atom. The molecule has 2 atom stereocenters. The van der Waals surface area contributed by atoms with Crippen molar-refractivity contribution in [1.82, 2.24) is 5.16 Å². The van der Waals surface area contributed by atoms with Gasteiger partial charge in [-0.2, -0.15) is 0 Å². The first-order valence-electron chi connectivity index (χ1n) is 10.8. The third-order valence-electron chi connectivity index (χ3n) is 6.02. The molecule has 0 bridgehead atoms. The van der Waals surface area contributed by atoms with E-state index in [-0.39, 0.29) is 18.2 Å². The number of carbonyl (C=O) groups excluding carboxylic acids is 2. The first-order chi connectivity index (χ1) is 15.9. The molecule has 0 aliphatic carbocycles. The molecule has 33 heavy (non-hydrogen) atoms. The first kappa shape index (κ1) is 22.4. The van der Waals surface area contributed by atoms with Crippen LogP contribution in [-0.4, -0.2) is 31.2 Å². The van der Waals surface area contributed by atoms with Crippen LogP contribution in [0.5, 0.6) is 11.5 Å². The summed E-state index contributed by atoms with van der Waals surface area (Å²) in [5.41, 5.74) is 2.62. The Morgan fingerprint density at radius 2 is 1.82 bits per heavy atom. The molecule has 172 valence electrons. The summed E-state index contributed by atoms with van der Waals surface area (Å²) in [6.45, 7) is 3.53. The number of nitrogens with zero attached hydrogens (tertiary/aromatic N) is 2. The number of anilines is 2. The maximum Gasteiger partial charge on any atom is 0.230 e. The van der Waals surface area contributed by atoms with Gasteiger partial charge in [0.2, 0.25) is 11.8 Å². The average molecular weight is 450 g/mol. The molecule has 0 radical (unpaired) electrons. The summed E-state index contributed by atoms with van der Waals surface area (Å²) in [6.07, 6.45) is 0.654. The molecule has 0 spiro atoms. The lowest BCUT2D eigenvalue weighted by Crippen LogP contribution is -2.47. The molecule has 2 aromatic carbocycles. The molecule has 1 N–H and O–H groups in total. The Bertz CT molecular complexity index is 1140. The molecular formula is C25H27N3O5. The maximum atomic E-state index is 13.6. The normalized spacial score (nSPS) is 18.2. The van der Waals surface area contributed by atoms with Gasteiger partial charge < -0.3 is 24.2 Å². The fraction of sp³-hybridized carbons (Fsp3) is 0.320. The Balaban J connectivity index is 1.79. The third kappa shape index (κ3) is 4.28. The molecule has 1 aliphatic rings. The maximum absolute atomic E-state index is 13.6. The lowest BCUT2D eigenvalue weighted by atomic mass is 9.82. The number of benzene rings is 2. The average Bonchev–Trinajstić information content (AvgIpc) is 3.15. The van der Waals surface area contributed by atoms with Gasteiger partial charge in [-0.1, -0.05) is 23.4 Å². The number of aryl methyl sites for hydroxylation is 2. The summed E-state index contributed by atoms with van der Waals surface area (Å²) in [5, 5.41) is 6.90. The van der Waals surface area contributed by atoms with Crippen molar-refractivity contribution in [2.75, 3.05) is 24.4 Å². The van der Waals surface area contributed by atoms with Crippen molar-refractivity contribution in [2.45, 2.75) is 32.7 Å². The van der Waals surface area contributed by atoms with Crippen LogP contribution in [-0.2, 0) is 9.59 Å². The number of amides is 2. The van der Waals surface area contributed by atoms with Crippen LogP contribution in [0.2, 0.25) is 0 Å². The van der Waals surface area contributed by atoms with Crippen molar-refractivity contribution in [3.63, 3.8) is 0 Å². The number of aromatic nitrogens is 1. The number of ether oxygens (including phenoxy) is 2. The highest BCUT2D eigenvalue weighted by molar-refractivity contribution is 6.00. The van der Waals surface area contributed by atoms with Gasteiger partial charge in [0, 0.05) is 17.7 Å². The second-order valence-electron chi connectivity index (χ2n) is 7.98. The number of nitrogens with one attached hydrogen (secondary N) is 1. The molecule has 2 heterocycles. The minimum Gasteiger partial charge on any atom is -0.497 e. The SMILES string of the molecule is COc1ccc(N2C(=O)CCC(C(=O)Nc3c(C)noc3C)C2c2ccccc2OC)cc1. The van der Waals surface area contributed by atoms with Crippen LogP contribution >= 0.6 is 0 Å². The zero-order valence-electron chi connectivity index (χ0n) is 19.1. The summed E-state index contributed by atoms with van der Waals surface area (Å²) in [7, 11) is 3.17. The zero-order valence-corrected chi connectivity index (χ0v) is 19.1. The molecule has 1 aromatic heterocycles. The summed E-state index contributed by atoms with van der Waals surface area (Å²) in [6, 6.07) is 14.2. The van der Waals surface area contributed by atoms with Gasteiger partial charge in [-0.3, -0.25) is 9.59 Å². The topological polar surface area (TPSA) is 93.9 Å². The highest BCUT2D eigenvalue weighted by Crippen LogP contribution is 2.43. The smallest absolute Gasteiger partial charge is 0.230 e. The largest absolute Gasteiger partial charge is 0.497 e. The van der Waals surface area contributed by atoms with E-state index in [2.05, 4.69) is 10.5 Å². The van der Waals surface area contributed by atoms with Crippen LogP contribution in [0.3, 0.4) is 0 Å². The Hall–Kier alpha value is -3.81. The first-order valence-corrected chi connectivity index (χ1v) is 10.8. The lowest BCUT2D eigenvalue weighted by molar-refractivity contribution is -0.126. The third-order valence-corrected chi connectivity index (χ3v) is 6.02. The molecule has 2 unspecified atom stereocenters. The fourth-order valence-electron chi connectivity index (χ4n) is 4.36. The highest BCUT2D eigenvalue weighted by Gasteiger charge is 2.43. The number of para-hydroxylation sites is 1. The predicted octanol–water partition coefficient (Wildman–Crippen LogP) is 4.43. The van der Waals surface area contributed by atoms with E-state index in [0.717, 1.165) is 5.56 Å². The monoisotopic (exact) mass is 449 g/mol. The van der Waals surface area contributed by atoms with Gasteiger partial charge in [-0.15, -0.1) is 0 Å². The summed E-state index contributed by atoms with van der Waals surface area (Å²) < 4.78 is 16.1. The Morgan fingerprint density at radius 1 is 1.09 bits per heavy atom. The number of carbonyl (C=O) groups is 2. The minimum atomic E-state index is -0.559. The summed E-state index contributed by atoms with van der Waals surface area (Å²) in [4.78, 5) is 28.5. The van der Waals surface area contributed by atoms with Crippen molar-refractivity contribution in [3.8, 4) is 11.5 Å². The fourth-order valence-corrected chi connectivity index (χ4v) is 4.36. The Labute approximate surface area is 192 Å². The molecular weight excluding hydrogens is 422 g/mol. The van der Waals surface area contributed by atoms with Gasteiger partial charge >= 0.3 is 0 Å². The molecule has 1 saturated heterocycles. The number of methoxy groups -OCH3 is 2. The van der Waals surface area contributed by atoms with Crippen LogP contribution in [0, 0.1) is 19.8 Å². The summed E-state index contributed by atoms with van der Waals surface area (Å²) in [5.74, 6) is 1.06.